The molecule has 23 heavy (non-hydrogen) atoms. The molecule has 0 aliphatic carbocycles. The zero-order valence-corrected chi connectivity index (χ0v) is 12.9. The number of benzene rings is 1. The van der Waals surface area contributed by atoms with Crippen molar-refractivity contribution in [3.05, 3.63) is 29.3 Å². The second-order valence-corrected chi connectivity index (χ2v) is 6.89. The highest BCUT2D eigenvalue weighted by atomic mass is 32.2. The minimum absolute atomic E-state index is 0.371. The Morgan fingerprint density at radius 3 is 2.43 bits per heavy atom. The monoisotopic (exact) mass is 350 g/mol. The predicted molar refractivity (Wildman–Crippen MR) is 72.8 cm³/mol. The van der Waals surface area contributed by atoms with Gasteiger partial charge in [-0.25, -0.2) is 12.7 Å². The van der Waals surface area contributed by atoms with Crippen molar-refractivity contribution >= 4 is 16.0 Å². The van der Waals surface area contributed by atoms with Crippen LogP contribution in [0, 0.1) is 17.2 Å². The van der Waals surface area contributed by atoms with Crippen LogP contribution in [0.4, 0.5) is 13.2 Å². The van der Waals surface area contributed by atoms with Crippen molar-refractivity contribution in [1.29, 1.82) is 5.26 Å². The molecule has 1 aromatic rings. The fourth-order valence-electron chi connectivity index (χ4n) is 1.76. The Hall–Kier alpha value is -2.12. The molecule has 1 aromatic carbocycles. The number of carboxylic acid groups (broad SMARTS) is 1. The van der Waals surface area contributed by atoms with Crippen LogP contribution in [0.15, 0.2) is 23.1 Å². The largest absolute Gasteiger partial charge is 0.481 e. The molecular weight excluding hydrogens is 337 g/mol. The Labute approximate surface area is 130 Å². The first-order valence-electron chi connectivity index (χ1n) is 6.21. The van der Waals surface area contributed by atoms with E-state index in [9.17, 15) is 26.4 Å². The lowest BCUT2D eigenvalue weighted by atomic mass is 10.1. The van der Waals surface area contributed by atoms with E-state index in [0.29, 0.717) is 10.4 Å². The van der Waals surface area contributed by atoms with E-state index in [1.54, 1.807) is 0 Å². The average molecular weight is 350 g/mol. The summed E-state index contributed by atoms with van der Waals surface area (Å²) in [6.45, 7) is 0.868. The maximum Gasteiger partial charge on any atom is 0.417 e. The topological polar surface area (TPSA) is 98.5 Å². The highest BCUT2D eigenvalue weighted by Crippen LogP contribution is 2.33. The predicted octanol–water partition coefficient (Wildman–Crippen LogP) is 1.92. The fraction of sp³-hybridized carbons (Fsp3) is 0.385. The zero-order valence-electron chi connectivity index (χ0n) is 12.1. The molecule has 1 unspecified atom stereocenters. The summed E-state index contributed by atoms with van der Waals surface area (Å²) in [5, 5.41) is 17.5. The first-order chi connectivity index (χ1) is 10.4. The number of alkyl halides is 3. The first kappa shape index (κ1) is 18.9. The van der Waals surface area contributed by atoms with Gasteiger partial charge >= 0.3 is 12.1 Å². The quantitative estimate of drug-likeness (QED) is 0.875. The Morgan fingerprint density at radius 2 is 2.00 bits per heavy atom. The van der Waals surface area contributed by atoms with Crippen LogP contribution in [-0.4, -0.2) is 37.4 Å². The van der Waals surface area contributed by atoms with Gasteiger partial charge in [0.1, 0.15) is 0 Å². The molecule has 0 radical (unpaired) electrons. The maximum absolute atomic E-state index is 12.9. The van der Waals surface area contributed by atoms with Gasteiger partial charge in [0.25, 0.3) is 0 Å². The number of halogens is 3. The van der Waals surface area contributed by atoms with Crippen molar-refractivity contribution in [3.8, 4) is 6.07 Å². The summed E-state index contributed by atoms with van der Waals surface area (Å²) >= 11 is 0. The van der Waals surface area contributed by atoms with Crippen LogP contribution in [-0.2, 0) is 21.0 Å². The highest BCUT2D eigenvalue weighted by molar-refractivity contribution is 7.89. The van der Waals surface area contributed by atoms with Gasteiger partial charge in [0.15, 0.2) is 0 Å². The number of nitrogens with zero attached hydrogens (tertiary/aromatic N) is 2. The van der Waals surface area contributed by atoms with Gasteiger partial charge in [-0.15, -0.1) is 0 Å². The fourth-order valence-corrected chi connectivity index (χ4v) is 3.04. The third kappa shape index (κ3) is 4.20. The molecule has 0 fully saturated rings. The normalized spacial score (nSPS) is 13.6. The van der Waals surface area contributed by atoms with Crippen LogP contribution in [0.25, 0.3) is 0 Å². The number of hydrogen-bond acceptors (Lipinski definition) is 4. The minimum Gasteiger partial charge on any atom is -0.481 e. The van der Waals surface area contributed by atoms with Crippen LogP contribution < -0.4 is 0 Å². The van der Waals surface area contributed by atoms with Gasteiger partial charge in [0, 0.05) is 13.6 Å². The summed E-state index contributed by atoms with van der Waals surface area (Å²) in [6.07, 6.45) is -4.89. The van der Waals surface area contributed by atoms with Crippen molar-refractivity contribution in [2.75, 3.05) is 13.6 Å². The molecule has 0 bridgehead atoms. The number of carboxylic acids is 1. The highest BCUT2D eigenvalue weighted by Gasteiger charge is 2.35. The molecule has 0 heterocycles. The van der Waals surface area contributed by atoms with Crippen LogP contribution >= 0.6 is 0 Å². The van der Waals surface area contributed by atoms with Crippen LogP contribution in [0.1, 0.15) is 18.1 Å². The molecule has 1 atom stereocenters. The Morgan fingerprint density at radius 1 is 1.43 bits per heavy atom. The first-order valence-corrected chi connectivity index (χ1v) is 7.65. The van der Waals surface area contributed by atoms with E-state index in [0.717, 1.165) is 19.2 Å². The average Bonchev–Trinajstić information content (AvgIpc) is 2.45. The second kappa shape index (κ2) is 6.55. The Bertz CT molecular complexity index is 753. The van der Waals surface area contributed by atoms with E-state index >= 15 is 0 Å². The molecule has 10 heteroatoms. The third-order valence-electron chi connectivity index (χ3n) is 3.08. The standard InChI is InChI=1S/C13H13F3N2O4S/c1-8(12(19)20)7-18(2)23(21,22)10-4-3-9(6-17)11(5-10)13(14,15)16/h3-5,8H,7H2,1-2H3,(H,19,20). The summed E-state index contributed by atoms with van der Waals surface area (Å²) in [7, 11) is -3.25. The van der Waals surface area contributed by atoms with Crippen molar-refractivity contribution in [2.24, 2.45) is 5.92 Å². The number of hydrogen-bond donors (Lipinski definition) is 1. The van der Waals surface area contributed by atoms with Crippen LogP contribution in [0.2, 0.25) is 0 Å². The molecule has 0 saturated heterocycles. The second-order valence-electron chi connectivity index (χ2n) is 4.84. The molecule has 126 valence electrons. The van der Waals surface area contributed by atoms with Gasteiger partial charge in [-0.05, 0) is 18.2 Å². The number of aliphatic carboxylic acids is 1. The lowest BCUT2D eigenvalue weighted by Gasteiger charge is -2.20. The number of nitriles is 1. The van der Waals surface area contributed by atoms with Crippen molar-refractivity contribution in [2.45, 2.75) is 18.0 Å². The van der Waals surface area contributed by atoms with Gasteiger partial charge in [-0.3, -0.25) is 4.79 Å². The molecule has 6 nitrogen and oxygen atoms in total. The molecule has 1 rings (SSSR count). The van der Waals surface area contributed by atoms with Gasteiger partial charge in [0.2, 0.25) is 10.0 Å². The molecular formula is C13H13F3N2O4S. The van der Waals surface area contributed by atoms with E-state index in [1.807, 2.05) is 0 Å². The molecule has 0 spiro atoms. The Balaban J connectivity index is 3.30. The number of rotatable bonds is 5. The minimum atomic E-state index is -4.89. The van der Waals surface area contributed by atoms with Crippen molar-refractivity contribution < 1.29 is 31.5 Å². The third-order valence-corrected chi connectivity index (χ3v) is 4.90. The van der Waals surface area contributed by atoms with Crippen molar-refractivity contribution in [1.82, 2.24) is 4.31 Å². The maximum atomic E-state index is 12.9. The van der Waals surface area contributed by atoms with Gasteiger partial charge in [-0.1, -0.05) is 6.92 Å². The molecule has 0 saturated carbocycles. The summed E-state index contributed by atoms with van der Waals surface area (Å²) < 4.78 is 63.8. The lowest BCUT2D eigenvalue weighted by Crippen LogP contribution is -2.33. The van der Waals surface area contributed by atoms with E-state index < -0.39 is 50.7 Å². The van der Waals surface area contributed by atoms with E-state index in [-0.39, 0.29) is 0 Å². The van der Waals surface area contributed by atoms with E-state index in [2.05, 4.69) is 0 Å². The molecule has 0 aliphatic heterocycles. The summed E-state index contributed by atoms with van der Waals surface area (Å²) in [6, 6.07) is 3.37. The summed E-state index contributed by atoms with van der Waals surface area (Å²) in [5.74, 6) is -2.27. The van der Waals surface area contributed by atoms with E-state index in [4.69, 9.17) is 10.4 Å². The number of sulfonamides is 1. The van der Waals surface area contributed by atoms with Crippen LogP contribution in [0.5, 0.6) is 0 Å². The lowest BCUT2D eigenvalue weighted by molar-refractivity contribution is -0.141. The Kier molecular flexibility index (Phi) is 5.39. The van der Waals surface area contributed by atoms with Crippen molar-refractivity contribution in [3.63, 3.8) is 0 Å². The molecule has 1 N–H and O–H groups in total. The molecule has 0 amide bonds. The van der Waals surface area contributed by atoms with Gasteiger partial charge in [-0.2, -0.15) is 18.4 Å². The van der Waals surface area contributed by atoms with Crippen LogP contribution in [0.3, 0.4) is 0 Å². The van der Waals surface area contributed by atoms with E-state index in [1.165, 1.54) is 13.0 Å². The smallest absolute Gasteiger partial charge is 0.417 e. The summed E-state index contributed by atoms with van der Waals surface area (Å²) in [4.78, 5) is 10.1. The molecule has 0 aromatic heterocycles. The zero-order chi connectivity index (χ0) is 18.0. The number of carbonyl (C=O) groups is 1. The summed E-state index contributed by atoms with van der Waals surface area (Å²) in [5.41, 5.74) is -2.06. The van der Waals surface area contributed by atoms with Gasteiger partial charge < -0.3 is 5.11 Å². The SMILES string of the molecule is CC(CN(C)S(=O)(=O)c1ccc(C#N)c(C(F)(F)F)c1)C(=O)O. The van der Waals surface area contributed by atoms with Gasteiger partial charge in [0.05, 0.1) is 28.0 Å². The molecule has 0 aliphatic rings.